The summed E-state index contributed by atoms with van der Waals surface area (Å²) in [6.45, 7) is 4.00. The Morgan fingerprint density at radius 1 is 1.21 bits per heavy atom. The van der Waals surface area contributed by atoms with Crippen LogP contribution >= 0.6 is 17.0 Å². The zero-order valence-electron chi connectivity index (χ0n) is 11.0. The van der Waals surface area contributed by atoms with E-state index in [9.17, 15) is 0 Å². The Morgan fingerprint density at radius 2 is 1.95 bits per heavy atom. The molecule has 1 aromatic rings. The largest absolute Gasteiger partial charge is 0.368 e. The summed E-state index contributed by atoms with van der Waals surface area (Å²) in [4.78, 5) is 5.52. The van der Waals surface area contributed by atoms with Gasteiger partial charge in [-0.25, -0.2) is 0 Å². The second kappa shape index (κ2) is 7.72. The first kappa shape index (κ1) is 15.4. The maximum absolute atomic E-state index is 8.70. The van der Waals surface area contributed by atoms with E-state index in [1.54, 1.807) is 0 Å². The molecule has 1 aliphatic carbocycles. The summed E-state index contributed by atoms with van der Waals surface area (Å²) in [6, 6.07) is 10.4. The number of benzene rings is 1. The summed E-state index contributed by atoms with van der Waals surface area (Å²) in [5.74, 6) is 0. The number of allylic oxidation sites excluding steroid dienone is 3. The van der Waals surface area contributed by atoms with Gasteiger partial charge in [0.15, 0.2) is 0 Å². The van der Waals surface area contributed by atoms with Crippen LogP contribution in [0.25, 0.3) is 5.53 Å². The summed E-state index contributed by atoms with van der Waals surface area (Å²) in [7, 11) is 0. The number of rotatable bonds is 4. The van der Waals surface area contributed by atoms with Gasteiger partial charge in [-0.15, -0.1) is 17.0 Å². The molecule has 0 fully saturated rings. The van der Waals surface area contributed by atoms with E-state index >= 15 is 0 Å². The third-order valence-corrected chi connectivity index (χ3v) is 3.06. The lowest BCUT2D eigenvalue weighted by Gasteiger charge is -2.25. The normalized spacial score (nSPS) is 13.3. The number of nitrogens with zero attached hydrogens (tertiary/aromatic N) is 3. The molecule has 0 N–H and O–H groups in total. The first-order chi connectivity index (χ1) is 8.83. The number of likely N-dealkylation sites (N-methyl/N-ethyl adjacent to an activating group) is 1. The van der Waals surface area contributed by atoms with Crippen LogP contribution in [0.15, 0.2) is 54.3 Å². The molecule has 0 saturated carbocycles. The van der Waals surface area contributed by atoms with E-state index in [-0.39, 0.29) is 17.0 Å². The molecule has 0 atom stereocenters. The van der Waals surface area contributed by atoms with E-state index in [1.165, 1.54) is 11.3 Å². The fraction of sp³-hybridized carbons (Fsp3) is 0.267. The Hall–Kier alpha value is -1.64. The molecule has 3 nitrogen and oxygen atoms in total. The van der Waals surface area contributed by atoms with Gasteiger partial charge in [-0.2, -0.15) is 4.79 Å². The van der Waals surface area contributed by atoms with E-state index in [0.29, 0.717) is 12.1 Å². The van der Waals surface area contributed by atoms with Crippen LogP contribution in [0.2, 0.25) is 0 Å². The Morgan fingerprint density at radius 3 is 2.47 bits per heavy atom. The van der Waals surface area contributed by atoms with Crippen molar-refractivity contribution >= 4 is 22.7 Å². The molecule has 1 aliphatic rings. The summed E-state index contributed by atoms with van der Waals surface area (Å²) in [5, 5.41) is 0. The standard InChI is InChI=1S/C15H17N3.BrH/c1-2-18(12-13-6-4-3-5-7-13)15-10-8-14(17-16)9-11-15;/h3-8,10-11H,2,9,12H2,1H3;1H. The molecule has 19 heavy (non-hydrogen) atoms. The number of hydrogen-bond acceptors (Lipinski definition) is 1. The molecule has 100 valence electrons. The van der Waals surface area contributed by atoms with Gasteiger partial charge in [0.1, 0.15) is 0 Å². The van der Waals surface area contributed by atoms with Crippen LogP contribution in [0, 0.1) is 0 Å². The van der Waals surface area contributed by atoms with Gasteiger partial charge in [0.25, 0.3) is 5.71 Å². The molecule has 0 unspecified atom stereocenters. The first-order valence-electron chi connectivity index (χ1n) is 6.21. The van der Waals surface area contributed by atoms with Gasteiger partial charge < -0.3 is 10.4 Å². The van der Waals surface area contributed by atoms with Gasteiger partial charge in [0, 0.05) is 24.9 Å². The summed E-state index contributed by atoms with van der Waals surface area (Å²) < 4.78 is 0. The lowest BCUT2D eigenvalue weighted by atomic mass is 10.1. The van der Waals surface area contributed by atoms with Crippen molar-refractivity contribution in [3.63, 3.8) is 0 Å². The topological polar surface area (TPSA) is 39.6 Å². The lowest BCUT2D eigenvalue weighted by Crippen LogP contribution is -2.22. The van der Waals surface area contributed by atoms with E-state index in [0.717, 1.165) is 13.1 Å². The smallest absolute Gasteiger partial charge is 0.295 e. The molecular formula is C15H18BrN3. The highest BCUT2D eigenvalue weighted by Gasteiger charge is 2.12. The quantitative estimate of drug-likeness (QED) is 0.617. The summed E-state index contributed by atoms with van der Waals surface area (Å²) >= 11 is 0. The van der Waals surface area contributed by atoms with Crippen LogP contribution in [0.5, 0.6) is 0 Å². The van der Waals surface area contributed by atoms with Crippen LogP contribution in [0.3, 0.4) is 0 Å². The fourth-order valence-corrected chi connectivity index (χ4v) is 2.02. The van der Waals surface area contributed by atoms with Crippen molar-refractivity contribution in [1.82, 2.24) is 4.90 Å². The molecule has 0 aliphatic heterocycles. The Labute approximate surface area is 124 Å². The average Bonchev–Trinajstić information content (AvgIpc) is 2.46. The van der Waals surface area contributed by atoms with Gasteiger partial charge in [0.2, 0.25) is 0 Å². The van der Waals surface area contributed by atoms with Crippen LogP contribution in [-0.4, -0.2) is 21.9 Å². The molecule has 0 aromatic heterocycles. The van der Waals surface area contributed by atoms with Gasteiger partial charge in [-0.1, -0.05) is 30.3 Å². The van der Waals surface area contributed by atoms with Crippen LogP contribution < -0.4 is 0 Å². The van der Waals surface area contributed by atoms with Crippen LogP contribution in [0.1, 0.15) is 18.9 Å². The first-order valence-corrected chi connectivity index (χ1v) is 6.21. The highest BCUT2D eigenvalue weighted by Crippen LogP contribution is 2.15. The number of halogens is 1. The van der Waals surface area contributed by atoms with Gasteiger partial charge in [-0.05, 0) is 24.6 Å². The van der Waals surface area contributed by atoms with Crippen LogP contribution in [0.4, 0.5) is 0 Å². The molecule has 0 saturated heterocycles. The van der Waals surface area contributed by atoms with Gasteiger partial charge in [-0.3, -0.25) is 0 Å². The zero-order valence-corrected chi connectivity index (χ0v) is 12.7. The Bertz CT molecular complexity index is 513. The maximum atomic E-state index is 8.70. The minimum atomic E-state index is 0. The van der Waals surface area contributed by atoms with Crippen molar-refractivity contribution in [2.45, 2.75) is 19.9 Å². The molecule has 0 amide bonds. The predicted molar refractivity (Wildman–Crippen MR) is 83.3 cm³/mol. The second-order valence-electron chi connectivity index (χ2n) is 4.26. The SMILES string of the molecule is Br.CCN(Cc1ccccc1)C1=CCC(=[N+]=[N-])C=C1. The summed E-state index contributed by atoms with van der Waals surface area (Å²) in [5.41, 5.74) is 11.9. The zero-order chi connectivity index (χ0) is 12.8. The average molecular weight is 320 g/mol. The minimum Gasteiger partial charge on any atom is -0.368 e. The van der Waals surface area contributed by atoms with Crippen LogP contribution in [-0.2, 0) is 6.54 Å². The molecule has 0 heterocycles. The summed E-state index contributed by atoms with van der Waals surface area (Å²) in [6.07, 6.45) is 6.66. The van der Waals surface area contributed by atoms with Crippen molar-refractivity contribution in [2.24, 2.45) is 0 Å². The van der Waals surface area contributed by atoms with Crippen molar-refractivity contribution < 1.29 is 4.79 Å². The maximum Gasteiger partial charge on any atom is 0.295 e. The van der Waals surface area contributed by atoms with Crippen molar-refractivity contribution in [3.8, 4) is 0 Å². The minimum absolute atomic E-state index is 0. The van der Waals surface area contributed by atoms with Gasteiger partial charge >= 0.3 is 0 Å². The molecule has 0 bridgehead atoms. The van der Waals surface area contributed by atoms with Gasteiger partial charge in [0.05, 0.1) is 6.42 Å². The molecule has 0 radical (unpaired) electrons. The second-order valence-corrected chi connectivity index (χ2v) is 4.26. The fourth-order valence-electron chi connectivity index (χ4n) is 2.02. The van der Waals surface area contributed by atoms with E-state index < -0.39 is 0 Å². The third kappa shape index (κ3) is 4.19. The highest BCUT2D eigenvalue weighted by molar-refractivity contribution is 8.93. The molecule has 4 heteroatoms. The van der Waals surface area contributed by atoms with E-state index in [1.807, 2.05) is 18.2 Å². The van der Waals surface area contributed by atoms with E-state index in [4.69, 9.17) is 5.53 Å². The monoisotopic (exact) mass is 319 g/mol. The highest BCUT2D eigenvalue weighted by atomic mass is 79.9. The molecule has 1 aromatic carbocycles. The third-order valence-electron chi connectivity index (χ3n) is 3.06. The van der Waals surface area contributed by atoms with Crippen molar-refractivity contribution in [3.05, 3.63) is 65.4 Å². The predicted octanol–water partition coefficient (Wildman–Crippen LogP) is 3.60. The Kier molecular flexibility index (Phi) is 6.26. The Balaban J connectivity index is 0.00000180. The van der Waals surface area contributed by atoms with Crippen molar-refractivity contribution in [1.29, 1.82) is 0 Å². The van der Waals surface area contributed by atoms with Crippen molar-refractivity contribution in [2.75, 3.05) is 6.54 Å². The lowest BCUT2D eigenvalue weighted by molar-refractivity contribution is -0.00547. The molecule has 0 spiro atoms. The number of hydrogen-bond donors (Lipinski definition) is 0. The molecular weight excluding hydrogens is 302 g/mol. The molecule has 2 rings (SSSR count). The van der Waals surface area contributed by atoms with E-state index in [2.05, 4.69) is 47.0 Å².